The Kier molecular flexibility index (Phi) is 9.29. The molecule has 0 aromatic carbocycles. The van der Waals surface area contributed by atoms with Crippen LogP contribution in [-0.2, 0) is 9.22 Å². The number of unbranched alkanes of at least 4 members (excludes halogenated alkanes) is 2. The van der Waals surface area contributed by atoms with Gasteiger partial charge in [-0.15, -0.1) is 0 Å². The minimum absolute atomic E-state index is 0.0411. The topological polar surface area (TPSA) is 26.3 Å². The average Bonchev–Trinajstić information content (AvgIpc) is 2.42. The van der Waals surface area contributed by atoms with Gasteiger partial charge >= 0.3 is 0 Å². The van der Waals surface area contributed by atoms with Gasteiger partial charge < -0.3 is 4.43 Å². The van der Waals surface area contributed by atoms with Crippen LogP contribution in [0.1, 0.15) is 53.4 Å². The highest BCUT2D eigenvalue weighted by molar-refractivity contribution is 6.73. The van der Waals surface area contributed by atoms with Crippen LogP contribution in [0.4, 0.5) is 0 Å². The molecule has 2 nitrogen and oxygen atoms in total. The van der Waals surface area contributed by atoms with E-state index in [0.717, 1.165) is 37.3 Å². The van der Waals surface area contributed by atoms with Crippen molar-refractivity contribution in [2.24, 2.45) is 0 Å². The molecule has 0 saturated heterocycles. The fraction of sp³-hybridized carbons (Fsp3) is 0.800. The third-order valence-corrected chi connectivity index (χ3v) is 8.61. The molecular formula is C15H30O2Si. The van der Waals surface area contributed by atoms with Gasteiger partial charge in [-0.1, -0.05) is 53.5 Å². The molecule has 0 amide bonds. The maximum Gasteiger partial charge on any atom is 0.192 e. The minimum atomic E-state index is -1.64. The molecule has 0 bridgehead atoms. The van der Waals surface area contributed by atoms with E-state index in [1.807, 2.05) is 0 Å². The van der Waals surface area contributed by atoms with Crippen LogP contribution in [0.5, 0.6) is 0 Å². The van der Waals surface area contributed by atoms with E-state index in [9.17, 15) is 4.79 Å². The van der Waals surface area contributed by atoms with Crippen LogP contribution in [0.15, 0.2) is 12.2 Å². The van der Waals surface area contributed by atoms with Gasteiger partial charge in [0.25, 0.3) is 0 Å². The summed E-state index contributed by atoms with van der Waals surface area (Å²) in [5, 5.41) is 0. The Labute approximate surface area is 114 Å². The molecule has 0 aliphatic carbocycles. The summed E-state index contributed by atoms with van der Waals surface area (Å²) in [7, 11) is -1.64. The van der Waals surface area contributed by atoms with Gasteiger partial charge in [0.1, 0.15) is 6.29 Å². The van der Waals surface area contributed by atoms with E-state index >= 15 is 0 Å². The Morgan fingerprint density at radius 3 is 2.11 bits per heavy atom. The van der Waals surface area contributed by atoms with Gasteiger partial charge in [0, 0.05) is 5.57 Å². The number of hydrogen-bond donors (Lipinski definition) is 0. The quantitative estimate of drug-likeness (QED) is 0.235. The largest absolute Gasteiger partial charge is 0.410 e. The fourth-order valence-corrected chi connectivity index (χ4v) is 5.15. The summed E-state index contributed by atoms with van der Waals surface area (Å²) < 4.78 is 6.39. The Morgan fingerprint density at radius 1 is 1.17 bits per heavy atom. The van der Waals surface area contributed by atoms with E-state index in [4.69, 9.17) is 4.43 Å². The molecule has 0 fully saturated rings. The molecule has 0 N–H and O–H groups in total. The lowest BCUT2D eigenvalue weighted by Crippen LogP contribution is -2.40. The molecule has 3 heteroatoms. The van der Waals surface area contributed by atoms with E-state index in [-0.39, 0.29) is 6.10 Å². The van der Waals surface area contributed by atoms with Crippen molar-refractivity contribution in [2.45, 2.75) is 77.6 Å². The highest BCUT2D eigenvalue weighted by Gasteiger charge is 2.32. The molecule has 0 saturated carbocycles. The van der Waals surface area contributed by atoms with Crippen molar-refractivity contribution in [2.75, 3.05) is 0 Å². The second-order valence-electron chi connectivity index (χ2n) is 5.04. The molecule has 1 atom stereocenters. The number of carbonyl (C=O) groups is 1. The summed E-state index contributed by atoms with van der Waals surface area (Å²) in [4.78, 5) is 11.0. The molecule has 0 radical (unpaired) electrons. The molecule has 0 rings (SSSR count). The Morgan fingerprint density at radius 2 is 1.72 bits per heavy atom. The molecule has 0 aromatic rings. The van der Waals surface area contributed by atoms with Crippen molar-refractivity contribution in [3.8, 4) is 0 Å². The Bertz CT molecular complexity index is 239. The number of hydrogen-bond acceptors (Lipinski definition) is 2. The van der Waals surface area contributed by atoms with Gasteiger partial charge in [0.05, 0.1) is 6.10 Å². The molecule has 0 spiro atoms. The monoisotopic (exact) mass is 270 g/mol. The summed E-state index contributed by atoms with van der Waals surface area (Å²) in [5.74, 6) is 0. The predicted octanol–water partition coefficient (Wildman–Crippen LogP) is 4.71. The highest BCUT2D eigenvalue weighted by atomic mass is 28.4. The third-order valence-electron chi connectivity index (χ3n) is 3.96. The van der Waals surface area contributed by atoms with Crippen LogP contribution in [0, 0.1) is 0 Å². The first-order chi connectivity index (χ1) is 8.59. The van der Waals surface area contributed by atoms with Gasteiger partial charge in [0.15, 0.2) is 8.32 Å². The zero-order valence-corrected chi connectivity index (χ0v) is 13.6. The normalized spacial score (nSPS) is 13.3. The Hall–Kier alpha value is -0.413. The molecular weight excluding hydrogens is 240 g/mol. The molecule has 106 valence electrons. The summed E-state index contributed by atoms with van der Waals surface area (Å²) in [6.45, 7) is 12.7. The van der Waals surface area contributed by atoms with E-state index < -0.39 is 8.32 Å². The van der Waals surface area contributed by atoms with E-state index in [1.54, 1.807) is 0 Å². The third kappa shape index (κ3) is 5.49. The predicted molar refractivity (Wildman–Crippen MR) is 81.4 cm³/mol. The van der Waals surface area contributed by atoms with Crippen molar-refractivity contribution >= 4 is 14.6 Å². The van der Waals surface area contributed by atoms with Gasteiger partial charge in [-0.2, -0.15) is 0 Å². The zero-order chi connectivity index (χ0) is 14.0. The van der Waals surface area contributed by atoms with Crippen LogP contribution < -0.4 is 0 Å². The highest BCUT2D eigenvalue weighted by Crippen LogP contribution is 2.27. The zero-order valence-electron chi connectivity index (χ0n) is 12.6. The van der Waals surface area contributed by atoms with Crippen molar-refractivity contribution < 1.29 is 9.22 Å². The SMILES string of the molecule is C=C(C=O)[C@@H](CCCCC)O[Si](CC)(CC)CC. The van der Waals surface area contributed by atoms with Gasteiger partial charge in [0.2, 0.25) is 0 Å². The molecule has 18 heavy (non-hydrogen) atoms. The van der Waals surface area contributed by atoms with Gasteiger partial charge in [-0.05, 0) is 24.6 Å². The van der Waals surface area contributed by atoms with Crippen LogP contribution in [-0.4, -0.2) is 20.7 Å². The molecule has 0 aromatic heterocycles. The van der Waals surface area contributed by atoms with Gasteiger partial charge in [-0.3, -0.25) is 4.79 Å². The first-order valence-corrected chi connectivity index (χ1v) is 9.93. The summed E-state index contributed by atoms with van der Waals surface area (Å²) in [6, 6.07) is 3.36. The molecule has 0 aliphatic heterocycles. The number of aldehydes is 1. The minimum Gasteiger partial charge on any atom is -0.410 e. The van der Waals surface area contributed by atoms with Crippen molar-refractivity contribution in [3.05, 3.63) is 12.2 Å². The van der Waals surface area contributed by atoms with E-state index in [2.05, 4.69) is 34.3 Å². The maximum absolute atomic E-state index is 11.0. The second-order valence-corrected chi connectivity index (χ2v) is 9.76. The standard InChI is InChI=1S/C15H30O2Si/c1-6-10-11-12-15(14(5)13-16)17-18(7-2,8-3)9-4/h13,15H,5-12H2,1-4H3/t15-/m1/s1. The second kappa shape index (κ2) is 9.51. The maximum atomic E-state index is 11.0. The number of rotatable bonds is 11. The summed E-state index contributed by atoms with van der Waals surface area (Å²) in [5.41, 5.74) is 0.623. The van der Waals surface area contributed by atoms with E-state index in [0.29, 0.717) is 5.57 Å². The van der Waals surface area contributed by atoms with Crippen molar-refractivity contribution in [1.29, 1.82) is 0 Å². The molecule has 0 aliphatic rings. The fourth-order valence-electron chi connectivity index (χ4n) is 2.28. The molecule has 0 unspecified atom stereocenters. The van der Waals surface area contributed by atoms with Crippen LogP contribution in [0.25, 0.3) is 0 Å². The smallest absolute Gasteiger partial charge is 0.192 e. The summed E-state index contributed by atoms with van der Waals surface area (Å²) >= 11 is 0. The van der Waals surface area contributed by atoms with Crippen LogP contribution in [0.2, 0.25) is 18.1 Å². The molecule has 0 heterocycles. The van der Waals surface area contributed by atoms with Gasteiger partial charge in [-0.25, -0.2) is 0 Å². The average molecular weight is 270 g/mol. The van der Waals surface area contributed by atoms with E-state index in [1.165, 1.54) is 12.8 Å². The van der Waals surface area contributed by atoms with Crippen LogP contribution >= 0.6 is 0 Å². The van der Waals surface area contributed by atoms with Crippen molar-refractivity contribution in [1.82, 2.24) is 0 Å². The van der Waals surface area contributed by atoms with Crippen molar-refractivity contribution in [3.63, 3.8) is 0 Å². The first kappa shape index (κ1) is 17.6. The lowest BCUT2D eigenvalue weighted by molar-refractivity contribution is -0.105. The lowest BCUT2D eigenvalue weighted by Gasteiger charge is -2.33. The van der Waals surface area contributed by atoms with Crippen LogP contribution in [0.3, 0.4) is 0 Å². The number of carbonyl (C=O) groups excluding carboxylic acids is 1. The lowest BCUT2D eigenvalue weighted by atomic mass is 10.1. The Balaban J connectivity index is 4.64. The first-order valence-electron chi connectivity index (χ1n) is 7.40. The summed E-state index contributed by atoms with van der Waals surface area (Å²) in [6.07, 6.45) is 5.29.